The van der Waals surface area contributed by atoms with E-state index in [2.05, 4.69) is 5.32 Å². The van der Waals surface area contributed by atoms with Crippen LogP contribution in [0.5, 0.6) is 0 Å². The summed E-state index contributed by atoms with van der Waals surface area (Å²) in [6.07, 6.45) is 0. The number of rotatable bonds is 7. The number of nitrogens with one attached hydrogen (secondary N) is 1. The van der Waals surface area contributed by atoms with E-state index in [4.69, 9.17) is 16.7 Å². The van der Waals surface area contributed by atoms with E-state index < -0.39 is 17.7 Å². The number of benzene rings is 1. The van der Waals surface area contributed by atoms with Crippen LogP contribution in [0.1, 0.15) is 13.8 Å². The molecule has 21 heavy (non-hydrogen) atoms. The Bertz CT molecular complexity index is 523. The summed E-state index contributed by atoms with van der Waals surface area (Å²) in [5.74, 6) is -1.91. The van der Waals surface area contributed by atoms with Gasteiger partial charge in [0.1, 0.15) is 5.82 Å². The number of hydrogen-bond acceptors (Lipinski definition) is 3. The highest BCUT2D eigenvalue weighted by atomic mass is 35.5. The highest BCUT2D eigenvalue weighted by Crippen LogP contribution is 2.18. The van der Waals surface area contributed by atoms with Gasteiger partial charge in [0.25, 0.3) is 0 Å². The van der Waals surface area contributed by atoms with Crippen LogP contribution in [0.2, 0.25) is 5.02 Å². The van der Waals surface area contributed by atoms with Gasteiger partial charge in [-0.1, -0.05) is 25.4 Å². The van der Waals surface area contributed by atoms with Gasteiger partial charge in [-0.15, -0.1) is 0 Å². The van der Waals surface area contributed by atoms with Gasteiger partial charge in [0.2, 0.25) is 5.91 Å². The molecule has 0 radical (unpaired) electrons. The van der Waals surface area contributed by atoms with Crippen molar-refractivity contribution in [2.45, 2.75) is 13.8 Å². The van der Waals surface area contributed by atoms with Crippen molar-refractivity contribution in [3.8, 4) is 0 Å². The zero-order chi connectivity index (χ0) is 16.0. The summed E-state index contributed by atoms with van der Waals surface area (Å²) in [4.78, 5) is 24.1. The van der Waals surface area contributed by atoms with Crippen LogP contribution in [0.25, 0.3) is 0 Å². The smallest absolute Gasteiger partial charge is 0.317 e. The molecule has 7 heteroatoms. The molecule has 1 aromatic carbocycles. The van der Waals surface area contributed by atoms with Gasteiger partial charge in [0.05, 0.1) is 18.8 Å². The summed E-state index contributed by atoms with van der Waals surface area (Å²) in [7, 11) is 0. The van der Waals surface area contributed by atoms with Crippen LogP contribution in [0.15, 0.2) is 18.2 Å². The number of halogens is 2. The molecule has 0 saturated carbocycles. The minimum atomic E-state index is -1.01. The van der Waals surface area contributed by atoms with E-state index in [1.807, 2.05) is 13.8 Å². The highest BCUT2D eigenvalue weighted by molar-refractivity contribution is 6.30. The molecule has 1 aromatic rings. The largest absolute Gasteiger partial charge is 0.480 e. The number of hydrogen-bond donors (Lipinski definition) is 2. The van der Waals surface area contributed by atoms with E-state index in [9.17, 15) is 14.0 Å². The number of anilines is 1. The van der Waals surface area contributed by atoms with E-state index in [0.29, 0.717) is 6.54 Å². The Balaban J connectivity index is 2.66. The molecule has 0 heterocycles. The third kappa shape index (κ3) is 6.55. The quantitative estimate of drug-likeness (QED) is 0.810. The lowest BCUT2D eigenvalue weighted by molar-refractivity contribution is -0.138. The first-order valence-electron chi connectivity index (χ1n) is 6.47. The molecule has 1 rings (SSSR count). The van der Waals surface area contributed by atoms with E-state index in [-0.39, 0.29) is 29.7 Å². The summed E-state index contributed by atoms with van der Waals surface area (Å²) in [6, 6.07) is 3.92. The average molecular weight is 317 g/mol. The van der Waals surface area contributed by atoms with Crippen molar-refractivity contribution in [1.82, 2.24) is 4.90 Å². The maximum absolute atomic E-state index is 13.6. The molecule has 0 unspecified atom stereocenters. The van der Waals surface area contributed by atoms with Crippen molar-refractivity contribution in [2.24, 2.45) is 5.92 Å². The van der Waals surface area contributed by atoms with E-state index in [1.165, 1.54) is 17.0 Å². The number of carboxylic acid groups (broad SMARTS) is 1. The van der Waals surface area contributed by atoms with Crippen molar-refractivity contribution in [3.63, 3.8) is 0 Å². The van der Waals surface area contributed by atoms with E-state index >= 15 is 0 Å². The van der Waals surface area contributed by atoms with E-state index in [0.717, 1.165) is 6.07 Å². The third-order valence-corrected chi connectivity index (χ3v) is 2.79. The first kappa shape index (κ1) is 17.4. The normalized spacial score (nSPS) is 11.0. The van der Waals surface area contributed by atoms with Gasteiger partial charge < -0.3 is 10.4 Å². The molecule has 0 saturated heterocycles. The summed E-state index contributed by atoms with van der Waals surface area (Å²) >= 11 is 5.63. The molecule has 0 atom stereocenters. The molecular formula is C14H18ClFN2O3. The first-order valence-corrected chi connectivity index (χ1v) is 6.84. The average Bonchev–Trinajstić information content (AvgIpc) is 2.30. The Morgan fingerprint density at radius 2 is 2.05 bits per heavy atom. The zero-order valence-corrected chi connectivity index (χ0v) is 12.7. The van der Waals surface area contributed by atoms with Crippen LogP contribution >= 0.6 is 11.6 Å². The first-order chi connectivity index (χ1) is 9.77. The van der Waals surface area contributed by atoms with Crippen LogP contribution in [0, 0.1) is 11.7 Å². The van der Waals surface area contributed by atoms with Gasteiger partial charge in [-0.05, 0) is 24.1 Å². The fourth-order valence-corrected chi connectivity index (χ4v) is 2.04. The number of carboxylic acids is 1. The SMILES string of the molecule is CC(C)CN(CC(=O)O)CC(=O)Nc1ccc(Cl)cc1F. The lowest BCUT2D eigenvalue weighted by Crippen LogP contribution is -2.39. The molecular weight excluding hydrogens is 299 g/mol. The summed E-state index contributed by atoms with van der Waals surface area (Å²) in [5.41, 5.74) is 0.0178. The second-order valence-corrected chi connectivity index (χ2v) is 5.57. The summed E-state index contributed by atoms with van der Waals surface area (Å²) < 4.78 is 13.6. The maximum Gasteiger partial charge on any atom is 0.317 e. The van der Waals surface area contributed by atoms with Crippen LogP contribution < -0.4 is 5.32 Å². The topological polar surface area (TPSA) is 69.6 Å². The van der Waals surface area contributed by atoms with Crippen LogP contribution in [0.3, 0.4) is 0 Å². The molecule has 0 aliphatic carbocycles. The van der Waals surface area contributed by atoms with Crippen LogP contribution in [0.4, 0.5) is 10.1 Å². The van der Waals surface area contributed by atoms with Crippen molar-refractivity contribution >= 4 is 29.2 Å². The molecule has 116 valence electrons. The maximum atomic E-state index is 13.6. The lowest BCUT2D eigenvalue weighted by Gasteiger charge is -2.21. The van der Waals surface area contributed by atoms with Crippen molar-refractivity contribution < 1.29 is 19.1 Å². The predicted molar refractivity (Wildman–Crippen MR) is 79.0 cm³/mol. The number of carbonyl (C=O) groups excluding carboxylic acids is 1. The standard InChI is InChI=1S/C14H18ClFN2O3/c1-9(2)6-18(8-14(20)21)7-13(19)17-12-4-3-10(15)5-11(12)16/h3-5,9H,6-8H2,1-2H3,(H,17,19)(H,20,21). The Morgan fingerprint density at radius 1 is 1.38 bits per heavy atom. The van der Waals surface area contributed by atoms with Gasteiger partial charge in [0, 0.05) is 11.6 Å². The van der Waals surface area contributed by atoms with Crippen LogP contribution in [-0.2, 0) is 9.59 Å². The minimum Gasteiger partial charge on any atom is -0.480 e. The van der Waals surface area contributed by atoms with Crippen molar-refractivity contribution in [3.05, 3.63) is 29.0 Å². The molecule has 1 amide bonds. The molecule has 5 nitrogen and oxygen atoms in total. The summed E-state index contributed by atoms with van der Waals surface area (Å²) in [5, 5.41) is 11.5. The zero-order valence-electron chi connectivity index (χ0n) is 11.9. The minimum absolute atomic E-state index is 0.0178. The highest BCUT2D eigenvalue weighted by Gasteiger charge is 2.16. The number of nitrogens with zero attached hydrogens (tertiary/aromatic N) is 1. The molecule has 0 aliphatic heterocycles. The molecule has 0 aliphatic rings. The Kier molecular flexibility index (Phi) is 6.58. The van der Waals surface area contributed by atoms with E-state index in [1.54, 1.807) is 0 Å². The van der Waals surface area contributed by atoms with Gasteiger partial charge in [0.15, 0.2) is 0 Å². The fourth-order valence-electron chi connectivity index (χ4n) is 1.88. The molecule has 2 N–H and O–H groups in total. The predicted octanol–water partition coefficient (Wildman–Crippen LogP) is 2.46. The van der Waals surface area contributed by atoms with Crippen molar-refractivity contribution in [2.75, 3.05) is 25.0 Å². The van der Waals surface area contributed by atoms with Gasteiger partial charge in [-0.2, -0.15) is 0 Å². The monoisotopic (exact) mass is 316 g/mol. The molecule has 0 aromatic heterocycles. The van der Waals surface area contributed by atoms with Gasteiger partial charge >= 0.3 is 5.97 Å². The van der Waals surface area contributed by atoms with Crippen LogP contribution in [-0.4, -0.2) is 41.5 Å². The molecule has 0 spiro atoms. The van der Waals surface area contributed by atoms with Gasteiger partial charge in [-0.25, -0.2) is 4.39 Å². The second kappa shape index (κ2) is 7.95. The lowest BCUT2D eigenvalue weighted by atomic mass is 10.2. The summed E-state index contributed by atoms with van der Waals surface area (Å²) in [6.45, 7) is 3.95. The number of carbonyl (C=O) groups is 2. The Labute approximate surface area is 127 Å². The van der Waals surface area contributed by atoms with Gasteiger partial charge in [-0.3, -0.25) is 14.5 Å². The Hall–Kier alpha value is -1.66. The number of aliphatic carboxylic acids is 1. The molecule has 0 fully saturated rings. The number of amides is 1. The second-order valence-electron chi connectivity index (χ2n) is 5.13. The van der Waals surface area contributed by atoms with Crippen molar-refractivity contribution in [1.29, 1.82) is 0 Å². The Morgan fingerprint density at radius 3 is 2.57 bits per heavy atom. The molecule has 0 bridgehead atoms. The third-order valence-electron chi connectivity index (χ3n) is 2.55. The fraction of sp³-hybridized carbons (Fsp3) is 0.429.